The molecule has 0 bridgehead atoms. The highest BCUT2D eigenvalue weighted by Gasteiger charge is 2.39. The molecule has 2 aromatic heterocycles. The van der Waals surface area contributed by atoms with E-state index < -0.39 is 17.9 Å². The molecule has 0 saturated heterocycles. The lowest BCUT2D eigenvalue weighted by atomic mass is 9.81. The Balaban J connectivity index is 1.21. The molecule has 1 N–H and O–H groups in total. The number of carbonyl (C=O) groups excluding carboxylic acids is 1. The lowest BCUT2D eigenvalue weighted by Crippen LogP contribution is -2.43. The highest BCUT2D eigenvalue weighted by atomic mass is 19.4. The van der Waals surface area contributed by atoms with Gasteiger partial charge < -0.3 is 15.0 Å². The molecule has 0 aromatic carbocycles. The predicted molar refractivity (Wildman–Crippen MR) is 133 cm³/mol. The van der Waals surface area contributed by atoms with E-state index in [2.05, 4.69) is 25.3 Å². The van der Waals surface area contributed by atoms with Crippen molar-refractivity contribution in [1.82, 2.24) is 30.0 Å². The van der Waals surface area contributed by atoms with Crippen LogP contribution in [0.5, 0.6) is 5.88 Å². The van der Waals surface area contributed by atoms with Crippen molar-refractivity contribution in [3.05, 3.63) is 35.0 Å². The van der Waals surface area contributed by atoms with Crippen molar-refractivity contribution in [2.24, 2.45) is 7.05 Å². The molecular formula is C26H36F4N6O2. The number of hydrogen-bond acceptors (Lipinski definition) is 6. The smallest absolute Gasteiger partial charge is 0.425 e. The van der Waals surface area contributed by atoms with Gasteiger partial charge in [0.05, 0.1) is 6.42 Å². The number of carbonyl (C=O) groups is 1. The van der Waals surface area contributed by atoms with Crippen molar-refractivity contribution in [2.45, 2.75) is 89.2 Å². The van der Waals surface area contributed by atoms with E-state index in [1.807, 2.05) is 6.92 Å². The van der Waals surface area contributed by atoms with Gasteiger partial charge in [-0.15, -0.1) is 0 Å². The maximum absolute atomic E-state index is 15.6. The highest BCUT2D eigenvalue weighted by Crippen LogP contribution is 2.35. The number of aromatic nitrogens is 4. The number of alkyl halides is 4. The van der Waals surface area contributed by atoms with Crippen molar-refractivity contribution in [3.8, 4) is 5.88 Å². The van der Waals surface area contributed by atoms with Crippen LogP contribution in [0.1, 0.15) is 61.9 Å². The second-order valence-electron chi connectivity index (χ2n) is 10.5. The first-order chi connectivity index (χ1) is 17.9. The van der Waals surface area contributed by atoms with Crippen molar-refractivity contribution >= 4 is 5.91 Å². The Morgan fingerprint density at radius 2 is 1.92 bits per heavy atom. The molecule has 1 aliphatic heterocycles. The predicted octanol–water partition coefficient (Wildman–Crippen LogP) is 3.65. The van der Waals surface area contributed by atoms with E-state index in [-0.39, 0.29) is 24.2 Å². The second kappa shape index (κ2) is 11.5. The summed E-state index contributed by atoms with van der Waals surface area (Å²) < 4.78 is 60.7. The summed E-state index contributed by atoms with van der Waals surface area (Å²) in [5.74, 6) is 1.05. The first kappa shape index (κ1) is 28.3. The molecule has 2 aromatic rings. The molecule has 2 aliphatic rings. The van der Waals surface area contributed by atoms with Crippen LogP contribution in [-0.4, -0.2) is 74.2 Å². The summed E-state index contributed by atoms with van der Waals surface area (Å²) in [6.07, 6.45) is -2.61. The van der Waals surface area contributed by atoms with Crippen molar-refractivity contribution in [2.75, 3.05) is 19.6 Å². The number of ether oxygens (including phenoxy) is 1. The number of fused-ring (bicyclic) bond motifs is 1. The first-order valence-electron chi connectivity index (χ1n) is 13.2. The Labute approximate surface area is 220 Å². The Morgan fingerprint density at radius 3 is 2.58 bits per heavy atom. The van der Waals surface area contributed by atoms with Crippen molar-refractivity contribution in [1.29, 1.82) is 0 Å². The first-order valence-corrected chi connectivity index (χ1v) is 13.2. The molecule has 0 spiro atoms. The van der Waals surface area contributed by atoms with Gasteiger partial charge in [0.1, 0.15) is 11.5 Å². The number of nitrogens with one attached hydrogen (secondary N) is 1. The summed E-state index contributed by atoms with van der Waals surface area (Å²) in [4.78, 5) is 23.1. The fourth-order valence-electron chi connectivity index (χ4n) is 5.06. The van der Waals surface area contributed by atoms with Gasteiger partial charge in [-0.05, 0) is 57.9 Å². The minimum absolute atomic E-state index is 0.0278. The molecular weight excluding hydrogens is 504 g/mol. The topological polar surface area (TPSA) is 85.2 Å². The van der Waals surface area contributed by atoms with Gasteiger partial charge in [-0.3, -0.25) is 9.48 Å². The Hall–Kier alpha value is -2.76. The van der Waals surface area contributed by atoms with Crippen LogP contribution in [0, 0.1) is 6.92 Å². The summed E-state index contributed by atoms with van der Waals surface area (Å²) in [5, 5.41) is 7.21. The van der Waals surface area contributed by atoms with Crippen LogP contribution in [0.3, 0.4) is 0 Å². The van der Waals surface area contributed by atoms with Crippen LogP contribution < -0.4 is 10.1 Å². The van der Waals surface area contributed by atoms with E-state index in [0.29, 0.717) is 63.9 Å². The molecule has 38 heavy (non-hydrogen) atoms. The molecule has 1 aliphatic carbocycles. The normalized spacial score (nSPS) is 23.4. The van der Waals surface area contributed by atoms with Crippen molar-refractivity contribution in [3.63, 3.8) is 0 Å². The molecule has 1 saturated carbocycles. The van der Waals surface area contributed by atoms with E-state index in [0.717, 1.165) is 30.6 Å². The number of pyridine rings is 1. The summed E-state index contributed by atoms with van der Waals surface area (Å²) >= 11 is 0. The van der Waals surface area contributed by atoms with Crippen LogP contribution in [0.4, 0.5) is 17.6 Å². The number of amides is 1. The van der Waals surface area contributed by atoms with Crippen LogP contribution in [0.15, 0.2) is 12.1 Å². The zero-order valence-electron chi connectivity index (χ0n) is 22.2. The fourth-order valence-corrected chi connectivity index (χ4v) is 5.06. The zero-order valence-corrected chi connectivity index (χ0v) is 22.2. The molecule has 1 atom stereocenters. The summed E-state index contributed by atoms with van der Waals surface area (Å²) in [5.41, 5.74) is 0.455. The van der Waals surface area contributed by atoms with E-state index in [4.69, 9.17) is 4.74 Å². The van der Waals surface area contributed by atoms with Crippen LogP contribution in [0.2, 0.25) is 0 Å². The maximum atomic E-state index is 15.6. The van der Waals surface area contributed by atoms with Gasteiger partial charge in [0.15, 0.2) is 11.9 Å². The van der Waals surface area contributed by atoms with Crippen LogP contribution >= 0.6 is 0 Å². The maximum Gasteiger partial charge on any atom is 0.425 e. The van der Waals surface area contributed by atoms with Crippen LogP contribution in [0.25, 0.3) is 0 Å². The van der Waals surface area contributed by atoms with Gasteiger partial charge in [-0.25, -0.2) is 14.4 Å². The van der Waals surface area contributed by atoms with Gasteiger partial charge in [0.2, 0.25) is 11.8 Å². The summed E-state index contributed by atoms with van der Waals surface area (Å²) in [7, 11) is 1.78. The standard InChI is InChI=1S/C26H36F4N6O2/c1-17(26(28,29)30)38-24-5-4-19-8-13-36(14-9-21(19)33-24)15-12-25(27)10-6-20(7-11-25)32-23(37)16-22-31-18(2)35(3)34-22/h4-5,17,20H,6-16H2,1-3H3,(H,32,37)/t17-,20-,25+/m1/s1. The zero-order chi connectivity index (χ0) is 27.5. The van der Waals surface area contributed by atoms with Crippen LogP contribution in [-0.2, 0) is 31.1 Å². The number of hydrogen-bond donors (Lipinski definition) is 1. The largest absolute Gasteiger partial charge is 0.465 e. The van der Waals surface area contributed by atoms with E-state index in [9.17, 15) is 18.0 Å². The Kier molecular flexibility index (Phi) is 8.59. The number of halogens is 4. The third kappa shape index (κ3) is 7.42. The summed E-state index contributed by atoms with van der Waals surface area (Å²) in [6.45, 7) is 4.79. The molecule has 210 valence electrons. The minimum atomic E-state index is -4.45. The van der Waals surface area contributed by atoms with E-state index >= 15 is 4.39 Å². The quantitative estimate of drug-likeness (QED) is 0.515. The molecule has 0 radical (unpaired) electrons. The van der Waals surface area contributed by atoms with Crippen molar-refractivity contribution < 1.29 is 27.1 Å². The van der Waals surface area contributed by atoms with Gasteiger partial charge in [0, 0.05) is 50.9 Å². The molecule has 1 fully saturated rings. The lowest BCUT2D eigenvalue weighted by molar-refractivity contribution is -0.190. The second-order valence-corrected chi connectivity index (χ2v) is 10.5. The van der Waals surface area contributed by atoms with E-state index in [1.54, 1.807) is 17.8 Å². The summed E-state index contributed by atoms with van der Waals surface area (Å²) in [6, 6.07) is 3.21. The highest BCUT2D eigenvalue weighted by molar-refractivity contribution is 5.78. The van der Waals surface area contributed by atoms with Gasteiger partial charge in [0.25, 0.3) is 0 Å². The van der Waals surface area contributed by atoms with Gasteiger partial charge >= 0.3 is 6.18 Å². The minimum Gasteiger partial charge on any atom is -0.465 e. The van der Waals surface area contributed by atoms with Gasteiger partial charge in [-0.1, -0.05) is 6.07 Å². The third-order valence-electron chi connectivity index (χ3n) is 7.63. The average Bonchev–Trinajstić information content (AvgIpc) is 3.03. The molecule has 0 unspecified atom stereocenters. The monoisotopic (exact) mass is 540 g/mol. The Bertz CT molecular complexity index is 1090. The molecule has 4 rings (SSSR count). The van der Waals surface area contributed by atoms with E-state index in [1.165, 1.54) is 6.07 Å². The molecule has 12 heteroatoms. The van der Waals surface area contributed by atoms with Gasteiger partial charge in [-0.2, -0.15) is 18.3 Å². The SMILES string of the molecule is Cc1nc(CC(=O)N[C@H]2CC[C@](F)(CCN3CCc4ccc(O[C@H](C)C(F)(F)F)nc4CC3)CC2)nn1C. The third-order valence-corrected chi connectivity index (χ3v) is 7.63. The molecule has 1 amide bonds. The number of aryl methyl sites for hydroxylation is 2. The Morgan fingerprint density at radius 1 is 1.21 bits per heavy atom. The number of nitrogens with zero attached hydrogens (tertiary/aromatic N) is 5. The number of rotatable bonds is 8. The fraction of sp³-hybridized carbons (Fsp3) is 0.692. The average molecular weight is 541 g/mol. The molecule has 8 nitrogen and oxygen atoms in total. The molecule has 3 heterocycles. The lowest BCUT2D eigenvalue weighted by Gasteiger charge is -2.35.